The van der Waals surface area contributed by atoms with E-state index in [9.17, 15) is 9.18 Å². The van der Waals surface area contributed by atoms with E-state index in [1.807, 2.05) is 0 Å². The molecule has 0 spiro atoms. The van der Waals surface area contributed by atoms with Gasteiger partial charge in [-0.15, -0.1) is 6.58 Å². The Hall–Kier alpha value is -2.04. The third-order valence-electron chi connectivity index (χ3n) is 1.95. The number of carboxylic acids is 1. The predicted octanol–water partition coefficient (Wildman–Crippen LogP) is 2.06. The van der Waals surface area contributed by atoms with E-state index in [0.29, 0.717) is 6.42 Å². The van der Waals surface area contributed by atoms with Gasteiger partial charge in [0.25, 0.3) is 0 Å². The van der Waals surface area contributed by atoms with Crippen molar-refractivity contribution in [3.05, 3.63) is 36.2 Å². The number of hydrogen-bond acceptors (Lipinski definition) is 3. The van der Waals surface area contributed by atoms with Crippen LogP contribution in [0.15, 0.2) is 24.8 Å². The van der Waals surface area contributed by atoms with Gasteiger partial charge in [0.05, 0.1) is 12.3 Å². The smallest absolute Gasteiger partial charge is 0.341 e. The zero-order chi connectivity index (χ0) is 12.1. The van der Waals surface area contributed by atoms with Crippen LogP contribution in [0.5, 0.6) is 5.75 Å². The van der Waals surface area contributed by atoms with Crippen LogP contribution < -0.4 is 10.5 Å². The zero-order valence-corrected chi connectivity index (χ0v) is 8.57. The van der Waals surface area contributed by atoms with E-state index in [1.165, 1.54) is 6.07 Å². The molecule has 0 aliphatic carbocycles. The molecule has 0 radical (unpaired) electrons. The summed E-state index contributed by atoms with van der Waals surface area (Å²) >= 11 is 0. The Morgan fingerprint density at radius 2 is 2.31 bits per heavy atom. The topological polar surface area (TPSA) is 72.5 Å². The van der Waals surface area contributed by atoms with Crippen molar-refractivity contribution in [3.8, 4) is 5.75 Å². The van der Waals surface area contributed by atoms with Crippen LogP contribution in [0.4, 0.5) is 10.1 Å². The molecule has 4 nitrogen and oxygen atoms in total. The molecule has 0 unspecified atom stereocenters. The highest BCUT2D eigenvalue weighted by Crippen LogP contribution is 2.27. The van der Waals surface area contributed by atoms with Crippen molar-refractivity contribution in [1.82, 2.24) is 0 Å². The molecule has 0 saturated heterocycles. The standard InChI is InChI=1S/C11H12FNO3/c1-2-3-6-16-8-5-4-7(12)10(13)9(8)11(14)15/h2,4-5H,1,3,6,13H2,(H,14,15). The van der Waals surface area contributed by atoms with E-state index < -0.39 is 17.5 Å². The van der Waals surface area contributed by atoms with Crippen LogP contribution in [-0.4, -0.2) is 17.7 Å². The normalized spacial score (nSPS) is 9.81. The van der Waals surface area contributed by atoms with Crippen molar-refractivity contribution in [2.75, 3.05) is 12.3 Å². The lowest BCUT2D eigenvalue weighted by atomic mass is 10.1. The number of halogens is 1. The Labute approximate surface area is 92.1 Å². The number of ether oxygens (including phenoxy) is 1. The fourth-order valence-corrected chi connectivity index (χ4v) is 1.17. The first-order valence-electron chi connectivity index (χ1n) is 4.63. The molecule has 1 aromatic rings. The van der Waals surface area contributed by atoms with Gasteiger partial charge < -0.3 is 15.6 Å². The van der Waals surface area contributed by atoms with E-state index in [-0.39, 0.29) is 17.9 Å². The first-order valence-corrected chi connectivity index (χ1v) is 4.63. The maximum atomic E-state index is 13.0. The minimum Gasteiger partial charge on any atom is -0.492 e. The van der Waals surface area contributed by atoms with Gasteiger partial charge in [-0.3, -0.25) is 0 Å². The highest BCUT2D eigenvalue weighted by atomic mass is 19.1. The van der Waals surface area contributed by atoms with Gasteiger partial charge in [-0.05, 0) is 18.6 Å². The van der Waals surface area contributed by atoms with Crippen LogP contribution >= 0.6 is 0 Å². The summed E-state index contributed by atoms with van der Waals surface area (Å²) in [5.74, 6) is -2.02. The summed E-state index contributed by atoms with van der Waals surface area (Å²) in [6.45, 7) is 3.77. The first-order chi connectivity index (χ1) is 7.57. The van der Waals surface area contributed by atoms with Gasteiger partial charge in [-0.25, -0.2) is 9.18 Å². The minimum absolute atomic E-state index is 0.0632. The molecule has 0 heterocycles. The molecular weight excluding hydrogens is 213 g/mol. The van der Waals surface area contributed by atoms with E-state index in [2.05, 4.69) is 6.58 Å². The molecule has 0 aromatic heterocycles. The molecule has 0 amide bonds. The minimum atomic E-state index is -1.31. The van der Waals surface area contributed by atoms with Crippen molar-refractivity contribution in [3.63, 3.8) is 0 Å². The molecule has 0 saturated carbocycles. The highest BCUT2D eigenvalue weighted by Gasteiger charge is 2.18. The molecular formula is C11H12FNO3. The van der Waals surface area contributed by atoms with E-state index in [1.54, 1.807) is 6.08 Å². The molecule has 1 rings (SSSR count). The van der Waals surface area contributed by atoms with Gasteiger partial charge in [0.1, 0.15) is 17.1 Å². The van der Waals surface area contributed by atoms with Crippen molar-refractivity contribution >= 4 is 11.7 Å². The van der Waals surface area contributed by atoms with E-state index >= 15 is 0 Å². The van der Waals surface area contributed by atoms with Crippen LogP contribution in [0, 0.1) is 5.82 Å². The molecule has 16 heavy (non-hydrogen) atoms. The van der Waals surface area contributed by atoms with Gasteiger partial charge >= 0.3 is 5.97 Å². The number of nitrogen functional groups attached to an aromatic ring is 1. The second-order valence-corrected chi connectivity index (χ2v) is 3.07. The number of carbonyl (C=O) groups is 1. The maximum absolute atomic E-state index is 13.0. The summed E-state index contributed by atoms with van der Waals surface area (Å²) in [7, 11) is 0. The van der Waals surface area contributed by atoms with Crippen LogP contribution in [0.25, 0.3) is 0 Å². The lowest BCUT2D eigenvalue weighted by Crippen LogP contribution is -2.09. The molecule has 86 valence electrons. The number of carboxylic acid groups (broad SMARTS) is 1. The lowest BCUT2D eigenvalue weighted by Gasteiger charge is -2.10. The summed E-state index contributed by atoms with van der Waals surface area (Å²) in [4.78, 5) is 10.9. The molecule has 0 aliphatic heterocycles. The predicted molar refractivity (Wildman–Crippen MR) is 58.1 cm³/mol. The second-order valence-electron chi connectivity index (χ2n) is 3.07. The monoisotopic (exact) mass is 225 g/mol. The summed E-state index contributed by atoms with van der Waals surface area (Å²) in [5, 5.41) is 8.88. The number of anilines is 1. The van der Waals surface area contributed by atoms with Crippen LogP contribution in [0.3, 0.4) is 0 Å². The maximum Gasteiger partial charge on any atom is 0.341 e. The Balaban J connectivity index is 3.03. The summed E-state index contributed by atoms with van der Waals surface area (Å²) < 4.78 is 18.2. The molecule has 0 atom stereocenters. The SMILES string of the molecule is C=CCCOc1ccc(F)c(N)c1C(=O)O. The molecule has 1 aromatic carbocycles. The van der Waals surface area contributed by atoms with E-state index in [4.69, 9.17) is 15.6 Å². The van der Waals surface area contributed by atoms with Gasteiger partial charge in [-0.1, -0.05) is 6.08 Å². The Bertz CT molecular complexity index is 418. The number of aromatic carboxylic acids is 1. The quantitative estimate of drug-likeness (QED) is 0.457. The van der Waals surface area contributed by atoms with Crippen LogP contribution in [0.1, 0.15) is 16.8 Å². The second kappa shape index (κ2) is 5.16. The first kappa shape index (κ1) is 12.0. The molecule has 0 aliphatic rings. The number of hydrogen-bond donors (Lipinski definition) is 2. The van der Waals surface area contributed by atoms with Gasteiger partial charge in [0.15, 0.2) is 0 Å². The van der Waals surface area contributed by atoms with Crippen molar-refractivity contribution in [2.45, 2.75) is 6.42 Å². The number of nitrogens with two attached hydrogens (primary N) is 1. The number of rotatable bonds is 5. The molecule has 0 fully saturated rings. The Kier molecular flexibility index (Phi) is 3.88. The average Bonchev–Trinajstić information content (AvgIpc) is 2.23. The summed E-state index contributed by atoms with van der Waals surface area (Å²) in [5.41, 5.74) is 4.58. The van der Waals surface area contributed by atoms with Gasteiger partial charge in [0, 0.05) is 0 Å². The number of benzene rings is 1. The average molecular weight is 225 g/mol. The molecule has 3 N–H and O–H groups in total. The van der Waals surface area contributed by atoms with Gasteiger partial charge in [0.2, 0.25) is 0 Å². The van der Waals surface area contributed by atoms with Crippen LogP contribution in [-0.2, 0) is 0 Å². The van der Waals surface area contributed by atoms with E-state index in [0.717, 1.165) is 6.07 Å². The fourth-order valence-electron chi connectivity index (χ4n) is 1.17. The largest absolute Gasteiger partial charge is 0.492 e. The Morgan fingerprint density at radius 1 is 1.62 bits per heavy atom. The third-order valence-corrected chi connectivity index (χ3v) is 1.95. The highest BCUT2D eigenvalue weighted by molar-refractivity contribution is 5.96. The van der Waals surface area contributed by atoms with Crippen LogP contribution in [0.2, 0.25) is 0 Å². The van der Waals surface area contributed by atoms with Crippen molar-refractivity contribution in [2.24, 2.45) is 0 Å². The van der Waals surface area contributed by atoms with Gasteiger partial charge in [-0.2, -0.15) is 0 Å². The summed E-state index contributed by atoms with van der Waals surface area (Å²) in [6.07, 6.45) is 2.20. The fraction of sp³-hybridized carbons (Fsp3) is 0.182. The molecule has 0 bridgehead atoms. The third kappa shape index (κ3) is 2.50. The lowest BCUT2D eigenvalue weighted by molar-refractivity contribution is 0.0693. The van der Waals surface area contributed by atoms with Crippen molar-refractivity contribution < 1.29 is 19.0 Å². The molecule has 5 heteroatoms. The Morgan fingerprint density at radius 3 is 2.88 bits per heavy atom. The van der Waals surface area contributed by atoms with Crippen molar-refractivity contribution in [1.29, 1.82) is 0 Å². The summed E-state index contributed by atoms with van der Waals surface area (Å²) in [6, 6.07) is 2.32. The zero-order valence-electron chi connectivity index (χ0n) is 8.57.